The number of aromatic nitrogens is 3. The van der Waals surface area contributed by atoms with E-state index in [9.17, 15) is 14.3 Å². The third kappa shape index (κ3) is 3.89. The van der Waals surface area contributed by atoms with E-state index >= 15 is 0 Å². The highest BCUT2D eigenvalue weighted by molar-refractivity contribution is 5.94. The highest BCUT2D eigenvalue weighted by Gasteiger charge is 2.19. The minimum Gasteiger partial charge on any atom is -0.386 e. The Hall–Kier alpha value is -3.06. The summed E-state index contributed by atoms with van der Waals surface area (Å²) >= 11 is 0. The monoisotopic (exact) mass is 340 g/mol. The van der Waals surface area contributed by atoms with Crippen molar-refractivity contribution in [1.82, 2.24) is 19.9 Å². The number of nitrogens with one attached hydrogen (secondary N) is 1. The second-order valence-corrected chi connectivity index (χ2v) is 5.63. The fraction of sp³-hybridized carbons (Fsp3) is 0.167. The first kappa shape index (κ1) is 16.8. The number of aliphatic hydroxyl groups is 1. The van der Waals surface area contributed by atoms with Crippen LogP contribution in [0.25, 0.3) is 5.82 Å². The quantitative estimate of drug-likeness (QED) is 0.747. The van der Waals surface area contributed by atoms with Crippen LogP contribution in [0, 0.1) is 5.82 Å². The van der Waals surface area contributed by atoms with Crippen molar-refractivity contribution < 1.29 is 14.3 Å². The lowest BCUT2D eigenvalue weighted by molar-refractivity contribution is 0.0851. The molecule has 3 aromatic rings. The highest BCUT2D eigenvalue weighted by Crippen LogP contribution is 2.17. The Morgan fingerprint density at radius 1 is 1.24 bits per heavy atom. The molecular weight excluding hydrogens is 323 g/mol. The second-order valence-electron chi connectivity index (χ2n) is 5.63. The molecule has 2 atom stereocenters. The van der Waals surface area contributed by atoms with Crippen LogP contribution in [0.15, 0.2) is 61.3 Å². The zero-order valence-corrected chi connectivity index (χ0v) is 13.5. The van der Waals surface area contributed by atoms with E-state index in [1.165, 1.54) is 30.5 Å². The first-order valence-electron chi connectivity index (χ1n) is 7.73. The Kier molecular flexibility index (Phi) is 4.85. The Labute approximate surface area is 144 Å². The lowest BCUT2D eigenvalue weighted by Crippen LogP contribution is -2.37. The number of carbonyl (C=O) groups is 1. The van der Waals surface area contributed by atoms with Crippen LogP contribution in [-0.2, 0) is 0 Å². The van der Waals surface area contributed by atoms with Gasteiger partial charge < -0.3 is 10.4 Å². The number of hydrogen-bond acceptors (Lipinski definition) is 4. The Balaban J connectivity index is 1.65. The third-order valence-corrected chi connectivity index (χ3v) is 3.82. The van der Waals surface area contributed by atoms with E-state index < -0.39 is 12.1 Å². The van der Waals surface area contributed by atoms with Gasteiger partial charge in [0.1, 0.15) is 18.0 Å². The van der Waals surface area contributed by atoms with Gasteiger partial charge in [0.2, 0.25) is 0 Å². The van der Waals surface area contributed by atoms with Crippen molar-refractivity contribution >= 4 is 5.91 Å². The van der Waals surface area contributed by atoms with Gasteiger partial charge in [0.05, 0.1) is 17.7 Å². The summed E-state index contributed by atoms with van der Waals surface area (Å²) in [6, 6.07) is 8.32. The van der Waals surface area contributed by atoms with Gasteiger partial charge in [-0.1, -0.05) is 12.1 Å². The van der Waals surface area contributed by atoms with Crippen molar-refractivity contribution in [3.63, 3.8) is 0 Å². The number of nitrogens with zero attached hydrogens (tertiary/aromatic N) is 3. The molecule has 0 saturated heterocycles. The number of pyridine rings is 1. The number of benzene rings is 1. The van der Waals surface area contributed by atoms with Crippen LogP contribution in [0.3, 0.4) is 0 Å². The van der Waals surface area contributed by atoms with Crippen molar-refractivity contribution in [3.05, 3.63) is 78.3 Å². The van der Waals surface area contributed by atoms with Gasteiger partial charge in [-0.05, 0) is 36.8 Å². The van der Waals surface area contributed by atoms with Crippen LogP contribution >= 0.6 is 0 Å². The summed E-state index contributed by atoms with van der Waals surface area (Å²) in [7, 11) is 0. The molecule has 2 aromatic heterocycles. The van der Waals surface area contributed by atoms with E-state index in [1.807, 2.05) is 0 Å². The molecule has 0 aliphatic rings. The average molecular weight is 340 g/mol. The van der Waals surface area contributed by atoms with Crippen LogP contribution < -0.4 is 5.32 Å². The molecule has 2 unspecified atom stereocenters. The maximum absolute atomic E-state index is 13.0. The molecule has 128 valence electrons. The molecule has 0 radical (unpaired) electrons. The zero-order valence-electron chi connectivity index (χ0n) is 13.5. The smallest absolute Gasteiger partial charge is 0.253 e. The number of imidazole rings is 1. The number of aliphatic hydroxyl groups excluding tert-OH is 1. The molecule has 0 fully saturated rings. The number of hydrogen-bond donors (Lipinski definition) is 2. The lowest BCUT2D eigenvalue weighted by Gasteiger charge is -2.20. The predicted molar refractivity (Wildman–Crippen MR) is 89.6 cm³/mol. The minimum atomic E-state index is -0.942. The molecule has 2 N–H and O–H groups in total. The molecule has 6 nitrogen and oxygen atoms in total. The Morgan fingerprint density at radius 2 is 2.00 bits per heavy atom. The summed E-state index contributed by atoms with van der Waals surface area (Å²) in [4.78, 5) is 20.5. The summed E-state index contributed by atoms with van der Waals surface area (Å²) in [5, 5.41) is 13.0. The molecule has 3 rings (SSSR count). The van der Waals surface area contributed by atoms with Gasteiger partial charge in [-0.15, -0.1) is 0 Å². The summed E-state index contributed by atoms with van der Waals surface area (Å²) in [6.07, 6.45) is 5.53. The van der Waals surface area contributed by atoms with Crippen molar-refractivity contribution in [1.29, 1.82) is 0 Å². The fourth-order valence-corrected chi connectivity index (χ4v) is 2.39. The summed E-state index contributed by atoms with van der Waals surface area (Å²) in [5.74, 6) is -0.0801. The Morgan fingerprint density at radius 3 is 2.60 bits per heavy atom. The average Bonchev–Trinajstić information content (AvgIpc) is 3.16. The molecular formula is C18H17FN4O2. The maximum atomic E-state index is 13.0. The molecule has 7 heteroatoms. The van der Waals surface area contributed by atoms with Crippen LogP contribution in [0.2, 0.25) is 0 Å². The van der Waals surface area contributed by atoms with E-state index in [-0.39, 0.29) is 11.7 Å². The largest absolute Gasteiger partial charge is 0.386 e. The SMILES string of the molecule is CC(NC(=O)c1ccc(-n2ccnc2)nc1)C(O)c1ccc(F)cc1. The van der Waals surface area contributed by atoms with Crippen LogP contribution in [0.5, 0.6) is 0 Å². The van der Waals surface area contributed by atoms with Gasteiger partial charge in [0.15, 0.2) is 0 Å². The molecule has 25 heavy (non-hydrogen) atoms. The van der Waals surface area contributed by atoms with Crippen molar-refractivity contribution in [2.24, 2.45) is 0 Å². The molecule has 0 spiro atoms. The van der Waals surface area contributed by atoms with Gasteiger partial charge in [-0.3, -0.25) is 9.36 Å². The predicted octanol–water partition coefficient (Wildman–Crippen LogP) is 2.26. The van der Waals surface area contributed by atoms with E-state index in [2.05, 4.69) is 15.3 Å². The van der Waals surface area contributed by atoms with E-state index in [1.54, 1.807) is 42.3 Å². The zero-order chi connectivity index (χ0) is 17.8. The molecule has 0 bridgehead atoms. The first-order chi connectivity index (χ1) is 12.0. The van der Waals surface area contributed by atoms with Crippen molar-refractivity contribution in [2.75, 3.05) is 0 Å². The first-order valence-corrected chi connectivity index (χ1v) is 7.73. The molecule has 0 aliphatic carbocycles. The van der Waals surface area contributed by atoms with Crippen LogP contribution in [-0.4, -0.2) is 31.6 Å². The second kappa shape index (κ2) is 7.23. The number of rotatable bonds is 5. The van der Waals surface area contributed by atoms with E-state index in [0.717, 1.165) is 0 Å². The normalized spacial score (nSPS) is 13.2. The van der Waals surface area contributed by atoms with Gasteiger partial charge in [0.25, 0.3) is 5.91 Å². The van der Waals surface area contributed by atoms with Crippen molar-refractivity contribution in [3.8, 4) is 5.82 Å². The van der Waals surface area contributed by atoms with Crippen LogP contribution in [0.1, 0.15) is 28.9 Å². The molecule has 0 aliphatic heterocycles. The molecule has 2 heterocycles. The number of halogens is 1. The number of amides is 1. The molecule has 0 saturated carbocycles. The summed E-state index contributed by atoms with van der Waals surface area (Å²) in [6.45, 7) is 1.68. The van der Waals surface area contributed by atoms with Gasteiger partial charge in [0, 0.05) is 18.6 Å². The standard InChI is InChI=1S/C18H17FN4O2/c1-12(17(24)13-2-5-15(19)6-3-13)22-18(25)14-4-7-16(21-10-14)23-9-8-20-11-23/h2-12,17,24H,1H3,(H,22,25). The van der Waals surface area contributed by atoms with E-state index in [4.69, 9.17) is 0 Å². The van der Waals surface area contributed by atoms with E-state index in [0.29, 0.717) is 16.9 Å². The minimum absolute atomic E-state index is 0.349. The van der Waals surface area contributed by atoms with Crippen LogP contribution in [0.4, 0.5) is 4.39 Å². The van der Waals surface area contributed by atoms with Gasteiger partial charge in [-0.2, -0.15) is 0 Å². The number of carbonyl (C=O) groups excluding carboxylic acids is 1. The molecule has 1 aromatic carbocycles. The maximum Gasteiger partial charge on any atom is 0.253 e. The Bertz CT molecular complexity index is 833. The third-order valence-electron chi connectivity index (χ3n) is 3.82. The lowest BCUT2D eigenvalue weighted by atomic mass is 10.0. The summed E-state index contributed by atoms with van der Waals surface area (Å²) < 4.78 is 14.7. The molecule has 1 amide bonds. The van der Waals surface area contributed by atoms with Gasteiger partial charge in [-0.25, -0.2) is 14.4 Å². The topological polar surface area (TPSA) is 80.0 Å². The summed E-state index contributed by atoms with van der Waals surface area (Å²) in [5.41, 5.74) is 0.907. The highest BCUT2D eigenvalue weighted by atomic mass is 19.1. The van der Waals surface area contributed by atoms with Gasteiger partial charge >= 0.3 is 0 Å². The van der Waals surface area contributed by atoms with Crippen molar-refractivity contribution in [2.45, 2.75) is 19.1 Å². The fourth-order valence-electron chi connectivity index (χ4n) is 2.39.